The average molecular weight is 271 g/mol. The third-order valence-corrected chi connectivity index (χ3v) is 2.04. The van der Waals surface area contributed by atoms with Crippen molar-refractivity contribution in [3.63, 3.8) is 0 Å². The Morgan fingerprint density at radius 1 is 1.32 bits per heavy atom. The molecular formula is C11H17N3O5. The number of hydrogen-bond donors (Lipinski definition) is 0. The van der Waals surface area contributed by atoms with Gasteiger partial charge in [0.1, 0.15) is 11.9 Å². The molecule has 0 aliphatic heterocycles. The van der Waals surface area contributed by atoms with E-state index in [-0.39, 0.29) is 38.2 Å². The molecule has 0 aliphatic carbocycles. The molecule has 0 heterocycles. The van der Waals surface area contributed by atoms with E-state index in [4.69, 9.17) is 15.0 Å². The van der Waals surface area contributed by atoms with Crippen molar-refractivity contribution in [1.82, 2.24) is 0 Å². The van der Waals surface area contributed by atoms with E-state index in [2.05, 4.69) is 10.0 Å². The maximum absolute atomic E-state index is 11.5. The second kappa shape index (κ2) is 9.90. The van der Waals surface area contributed by atoms with Crippen LogP contribution in [0.15, 0.2) is 5.11 Å². The highest BCUT2D eigenvalue weighted by Crippen LogP contribution is 2.08. The highest BCUT2D eigenvalue weighted by atomic mass is 16.6. The molecule has 0 N–H and O–H groups in total. The van der Waals surface area contributed by atoms with Crippen LogP contribution in [-0.4, -0.2) is 37.0 Å². The number of carbonyl (C=O) groups excluding carboxylic acids is 3. The van der Waals surface area contributed by atoms with Gasteiger partial charge in [-0.3, -0.25) is 14.4 Å². The highest BCUT2D eigenvalue weighted by molar-refractivity contribution is 5.80. The standard InChI is InChI=1S/C11H17N3O5/c1-3-18-11(17)7-10(19-8(2)15)6-9(16)4-5-13-14-12/h10H,3-7H2,1-2H3/t10-/m1/s1. The number of ether oxygens (including phenoxy) is 2. The zero-order chi connectivity index (χ0) is 14.7. The maximum atomic E-state index is 11.5. The predicted octanol–water partition coefficient (Wildman–Crippen LogP) is 1.53. The summed E-state index contributed by atoms with van der Waals surface area (Å²) in [6, 6.07) is 0. The average Bonchev–Trinajstić information content (AvgIpc) is 2.28. The van der Waals surface area contributed by atoms with Crippen molar-refractivity contribution in [2.75, 3.05) is 13.2 Å². The lowest BCUT2D eigenvalue weighted by atomic mass is 10.1. The van der Waals surface area contributed by atoms with E-state index in [0.717, 1.165) is 0 Å². The van der Waals surface area contributed by atoms with Crippen LogP contribution in [0.3, 0.4) is 0 Å². The molecule has 0 aromatic heterocycles. The van der Waals surface area contributed by atoms with Crippen LogP contribution in [0.4, 0.5) is 0 Å². The van der Waals surface area contributed by atoms with Crippen molar-refractivity contribution >= 4 is 17.7 Å². The number of hydrogen-bond acceptors (Lipinski definition) is 6. The lowest BCUT2D eigenvalue weighted by Gasteiger charge is -2.15. The monoisotopic (exact) mass is 271 g/mol. The number of Topliss-reactive ketones (excluding diaryl/α,β-unsaturated/α-hetero) is 1. The van der Waals surface area contributed by atoms with Crippen molar-refractivity contribution in [3.05, 3.63) is 10.4 Å². The first-order chi connectivity index (χ1) is 8.99. The minimum atomic E-state index is -0.838. The molecule has 106 valence electrons. The number of carbonyl (C=O) groups is 3. The molecule has 0 bridgehead atoms. The summed E-state index contributed by atoms with van der Waals surface area (Å²) in [5.74, 6) is -1.35. The van der Waals surface area contributed by atoms with Crippen LogP contribution in [-0.2, 0) is 23.9 Å². The topological polar surface area (TPSA) is 118 Å². The normalized spacial score (nSPS) is 11.1. The molecule has 0 aromatic rings. The summed E-state index contributed by atoms with van der Waals surface area (Å²) in [4.78, 5) is 36.2. The van der Waals surface area contributed by atoms with E-state index in [1.54, 1.807) is 6.92 Å². The molecule has 0 fully saturated rings. The minimum Gasteiger partial charge on any atom is -0.466 e. The molecule has 0 radical (unpaired) electrons. The number of esters is 2. The molecule has 0 unspecified atom stereocenters. The van der Waals surface area contributed by atoms with Crippen LogP contribution in [0.5, 0.6) is 0 Å². The second-order valence-electron chi connectivity index (χ2n) is 3.69. The second-order valence-corrected chi connectivity index (χ2v) is 3.69. The minimum absolute atomic E-state index is 0.0432. The lowest BCUT2D eigenvalue weighted by molar-refractivity contribution is -0.154. The molecule has 8 nitrogen and oxygen atoms in total. The van der Waals surface area contributed by atoms with Gasteiger partial charge in [0.05, 0.1) is 13.0 Å². The van der Waals surface area contributed by atoms with Gasteiger partial charge in [-0.25, -0.2) is 0 Å². The molecule has 0 saturated heterocycles. The maximum Gasteiger partial charge on any atom is 0.309 e. The Balaban J connectivity index is 4.32. The van der Waals surface area contributed by atoms with E-state index in [1.807, 2.05) is 0 Å². The fraction of sp³-hybridized carbons (Fsp3) is 0.727. The van der Waals surface area contributed by atoms with Crippen LogP contribution in [0.1, 0.15) is 33.1 Å². The summed E-state index contributed by atoms with van der Waals surface area (Å²) >= 11 is 0. The summed E-state index contributed by atoms with van der Waals surface area (Å²) in [5.41, 5.74) is 8.07. The first-order valence-electron chi connectivity index (χ1n) is 5.85. The number of azide groups is 1. The van der Waals surface area contributed by atoms with Gasteiger partial charge in [0.2, 0.25) is 0 Å². The van der Waals surface area contributed by atoms with Crippen molar-refractivity contribution < 1.29 is 23.9 Å². The van der Waals surface area contributed by atoms with Crippen LogP contribution >= 0.6 is 0 Å². The fourth-order valence-corrected chi connectivity index (χ4v) is 1.37. The first-order valence-corrected chi connectivity index (χ1v) is 5.85. The first kappa shape index (κ1) is 16.9. The third-order valence-electron chi connectivity index (χ3n) is 2.04. The predicted molar refractivity (Wildman–Crippen MR) is 65.1 cm³/mol. The van der Waals surface area contributed by atoms with Crippen LogP contribution < -0.4 is 0 Å². The number of ketones is 1. The quantitative estimate of drug-likeness (QED) is 0.272. The summed E-state index contributed by atoms with van der Waals surface area (Å²) in [6.07, 6.45) is -1.06. The molecule has 0 amide bonds. The van der Waals surface area contributed by atoms with Gasteiger partial charge >= 0.3 is 11.9 Å². The van der Waals surface area contributed by atoms with Gasteiger partial charge in [0.15, 0.2) is 0 Å². The number of nitrogens with zero attached hydrogens (tertiary/aromatic N) is 3. The van der Waals surface area contributed by atoms with Gasteiger partial charge in [-0.15, -0.1) is 0 Å². The summed E-state index contributed by atoms with van der Waals surface area (Å²) in [6.45, 7) is 3.12. The lowest BCUT2D eigenvalue weighted by Crippen LogP contribution is -2.24. The van der Waals surface area contributed by atoms with Crippen LogP contribution in [0.25, 0.3) is 10.4 Å². The van der Waals surface area contributed by atoms with E-state index in [0.29, 0.717) is 0 Å². The third kappa shape index (κ3) is 9.61. The SMILES string of the molecule is CCOC(=O)C[C@@H](CC(=O)CCN=[N+]=[N-])OC(C)=O. The zero-order valence-electron chi connectivity index (χ0n) is 11.0. The Hall–Kier alpha value is -2.08. The molecule has 0 spiro atoms. The van der Waals surface area contributed by atoms with E-state index in [1.165, 1.54) is 6.92 Å². The van der Waals surface area contributed by atoms with E-state index in [9.17, 15) is 14.4 Å². The summed E-state index contributed by atoms with van der Waals surface area (Å²) in [5, 5.41) is 3.23. The van der Waals surface area contributed by atoms with Gasteiger partial charge in [-0.05, 0) is 12.5 Å². The Morgan fingerprint density at radius 2 is 2.00 bits per heavy atom. The molecule has 8 heteroatoms. The van der Waals surface area contributed by atoms with Crippen LogP contribution in [0.2, 0.25) is 0 Å². The molecular weight excluding hydrogens is 254 g/mol. The molecule has 1 atom stereocenters. The molecule has 0 aromatic carbocycles. The van der Waals surface area contributed by atoms with Gasteiger partial charge in [-0.1, -0.05) is 5.11 Å². The van der Waals surface area contributed by atoms with Crippen molar-refractivity contribution in [2.45, 2.75) is 39.2 Å². The van der Waals surface area contributed by atoms with E-state index < -0.39 is 18.0 Å². The largest absolute Gasteiger partial charge is 0.466 e. The Kier molecular flexibility index (Phi) is 8.82. The van der Waals surface area contributed by atoms with E-state index >= 15 is 0 Å². The molecule has 0 saturated carbocycles. The Morgan fingerprint density at radius 3 is 2.53 bits per heavy atom. The Bertz CT molecular complexity index is 377. The van der Waals surface area contributed by atoms with Crippen molar-refractivity contribution in [1.29, 1.82) is 0 Å². The van der Waals surface area contributed by atoms with Gasteiger partial charge in [0.25, 0.3) is 0 Å². The van der Waals surface area contributed by atoms with Gasteiger partial charge < -0.3 is 9.47 Å². The van der Waals surface area contributed by atoms with Gasteiger partial charge in [0, 0.05) is 31.2 Å². The summed E-state index contributed by atoms with van der Waals surface area (Å²) < 4.78 is 9.61. The van der Waals surface area contributed by atoms with Crippen LogP contribution in [0, 0.1) is 0 Å². The number of rotatable bonds is 9. The highest BCUT2D eigenvalue weighted by Gasteiger charge is 2.20. The Labute approximate surface area is 110 Å². The summed E-state index contributed by atoms with van der Waals surface area (Å²) in [7, 11) is 0. The zero-order valence-corrected chi connectivity index (χ0v) is 11.0. The van der Waals surface area contributed by atoms with Gasteiger partial charge in [-0.2, -0.15) is 0 Å². The van der Waals surface area contributed by atoms with Crippen molar-refractivity contribution in [2.24, 2.45) is 5.11 Å². The van der Waals surface area contributed by atoms with Crippen molar-refractivity contribution in [3.8, 4) is 0 Å². The molecule has 19 heavy (non-hydrogen) atoms. The fourth-order valence-electron chi connectivity index (χ4n) is 1.37. The smallest absolute Gasteiger partial charge is 0.309 e. The molecule has 0 rings (SSSR count). The molecule has 0 aliphatic rings.